The first kappa shape index (κ1) is 17.9. The first-order valence-electron chi connectivity index (χ1n) is 9.01. The number of amides is 1. The summed E-state index contributed by atoms with van der Waals surface area (Å²) in [7, 11) is 1.34. The van der Waals surface area contributed by atoms with Crippen molar-refractivity contribution in [2.45, 2.75) is 18.8 Å². The molecule has 3 heterocycles. The lowest BCUT2D eigenvalue weighted by atomic mass is 9.96. The van der Waals surface area contributed by atoms with Gasteiger partial charge in [0.2, 0.25) is 11.7 Å². The van der Waals surface area contributed by atoms with Crippen LogP contribution < -0.4 is 11.2 Å². The average Bonchev–Trinajstić information content (AvgIpc) is 3.23. The monoisotopic (exact) mass is 381 g/mol. The van der Waals surface area contributed by atoms with E-state index in [0.717, 1.165) is 10.1 Å². The number of aromatic amines is 1. The predicted molar refractivity (Wildman–Crippen MR) is 99.9 cm³/mol. The summed E-state index contributed by atoms with van der Waals surface area (Å²) in [5.74, 6) is 0.787. The molecule has 1 aliphatic heterocycles. The van der Waals surface area contributed by atoms with Gasteiger partial charge < -0.3 is 14.4 Å². The normalized spacial score (nSPS) is 15.0. The van der Waals surface area contributed by atoms with E-state index in [2.05, 4.69) is 15.1 Å². The standard InChI is InChI=1S/C19H19N5O4/c1-23-17(25)14(11-20-19(23)27)18(26)24-9-7-13(8-10-24)16-21-15(22-28-16)12-5-3-2-4-6-12/h2-6,11,13H,7-10H2,1H3,(H,20,27). The number of likely N-dealkylation sites (tertiary alicyclic amines) is 1. The van der Waals surface area contributed by atoms with E-state index in [1.807, 2.05) is 30.3 Å². The highest BCUT2D eigenvalue weighted by Gasteiger charge is 2.29. The molecule has 0 spiro atoms. The van der Waals surface area contributed by atoms with Crippen molar-refractivity contribution in [2.24, 2.45) is 7.05 Å². The topological polar surface area (TPSA) is 114 Å². The van der Waals surface area contributed by atoms with E-state index < -0.39 is 11.2 Å². The van der Waals surface area contributed by atoms with Crippen LogP contribution in [0.2, 0.25) is 0 Å². The zero-order valence-corrected chi connectivity index (χ0v) is 15.3. The highest BCUT2D eigenvalue weighted by Crippen LogP contribution is 2.28. The van der Waals surface area contributed by atoms with Crippen LogP contribution in [0.1, 0.15) is 35.0 Å². The molecule has 28 heavy (non-hydrogen) atoms. The van der Waals surface area contributed by atoms with E-state index in [0.29, 0.717) is 37.6 Å². The van der Waals surface area contributed by atoms with Crippen LogP contribution in [0.5, 0.6) is 0 Å². The SMILES string of the molecule is Cn1c(=O)[nH]cc(C(=O)N2CCC(c3nc(-c4ccccc4)no3)CC2)c1=O. The molecule has 0 radical (unpaired) electrons. The molecule has 144 valence electrons. The van der Waals surface area contributed by atoms with Gasteiger partial charge in [-0.2, -0.15) is 4.98 Å². The second-order valence-electron chi connectivity index (χ2n) is 6.76. The van der Waals surface area contributed by atoms with Crippen molar-refractivity contribution in [3.05, 3.63) is 68.8 Å². The van der Waals surface area contributed by atoms with E-state index in [4.69, 9.17) is 4.52 Å². The molecule has 3 aromatic rings. The number of hydrogen-bond acceptors (Lipinski definition) is 6. The Labute approximate surface area is 159 Å². The van der Waals surface area contributed by atoms with Gasteiger partial charge in [-0.05, 0) is 12.8 Å². The van der Waals surface area contributed by atoms with E-state index in [9.17, 15) is 14.4 Å². The molecular weight excluding hydrogens is 362 g/mol. The molecule has 0 unspecified atom stereocenters. The average molecular weight is 381 g/mol. The summed E-state index contributed by atoms with van der Waals surface area (Å²) in [6.45, 7) is 0.934. The maximum atomic E-state index is 12.7. The van der Waals surface area contributed by atoms with Gasteiger partial charge in [0.05, 0.1) is 0 Å². The summed E-state index contributed by atoms with van der Waals surface area (Å²) < 4.78 is 6.32. The quantitative estimate of drug-likeness (QED) is 0.728. The third-order valence-electron chi connectivity index (χ3n) is 5.02. The number of benzene rings is 1. The largest absolute Gasteiger partial charge is 0.339 e. The van der Waals surface area contributed by atoms with Crippen LogP contribution in [-0.4, -0.2) is 43.6 Å². The number of hydrogen-bond donors (Lipinski definition) is 1. The van der Waals surface area contributed by atoms with Crippen molar-refractivity contribution in [3.8, 4) is 11.4 Å². The first-order chi connectivity index (χ1) is 13.5. The van der Waals surface area contributed by atoms with Crippen LogP contribution in [0, 0.1) is 0 Å². The van der Waals surface area contributed by atoms with E-state index in [1.165, 1.54) is 13.2 Å². The van der Waals surface area contributed by atoms with Crippen molar-refractivity contribution in [1.29, 1.82) is 0 Å². The summed E-state index contributed by atoms with van der Waals surface area (Å²) in [6, 6.07) is 9.58. The summed E-state index contributed by atoms with van der Waals surface area (Å²) >= 11 is 0. The molecule has 1 saturated heterocycles. The molecule has 0 bridgehead atoms. The number of rotatable bonds is 3. The lowest BCUT2D eigenvalue weighted by molar-refractivity contribution is 0.0701. The number of aromatic nitrogens is 4. The fourth-order valence-corrected chi connectivity index (χ4v) is 3.32. The fourth-order valence-electron chi connectivity index (χ4n) is 3.32. The molecule has 9 nitrogen and oxygen atoms in total. The van der Waals surface area contributed by atoms with Crippen LogP contribution in [-0.2, 0) is 7.05 Å². The Morgan fingerprint density at radius 1 is 1.18 bits per heavy atom. The van der Waals surface area contributed by atoms with Gasteiger partial charge in [-0.15, -0.1) is 0 Å². The zero-order valence-electron chi connectivity index (χ0n) is 15.3. The third-order valence-corrected chi connectivity index (χ3v) is 5.02. The van der Waals surface area contributed by atoms with Crippen molar-refractivity contribution in [3.63, 3.8) is 0 Å². The molecule has 1 amide bonds. The number of nitrogens with one attached hydrogen (secondary N) is 1. The number of carbonyl (C=O) groups excluding carboxylic acids is 1. The van der Waals surface area contributed by atoms with Gasteiger partial charge >= 0.3 is 5.69 Å². The highest BCUT2D eigenvalue weighted by atomic mass is 16.5. The molecule has 2 aromatic heterocycles. The Morgan fingerprint density at radius 3 is 2.61 bits per heavy atom. The molecule has 9 heteroatoms. The Morgan fingerprint density at radius 2 is 1.89 bits per heavy atom. The summed E-state index contributed by atoms with van der Waals surface area (Å²) in [4.78, 5) is 44.8. The summed E-state index contributed by atoms with van der Waals surface area (Å²) in [5, 5.41) is 4.05. The van der Waals surface area contributed by atoms with Crippen molar-refractivity contribution >= 4 is 5.91 Å². The van der Waals surface area contributed by atoms with Gasteiger partial charge in [0.15, 0.2) is 0 Å². The Bertz CT molecular complexity index is 1110. The maximum absolute atomic E-state index is 12.7. The van der Waals surface area contributed by atoms with E-state index in [1.54, 1.807) is 4.90 Å². The van der Waals surface area contributed by atoms with Crippen LogP contribution in [0.15, 0.2) is 50.6 Å². The number of H-pyrrole nitrogens is 1. The molecular formula is C19H19N5O4. The summed E-state index contributed by atoms with van der Waals surface area (Å²) in [6.07, 6.45) is 2.50. The van der Waals surface area contributed by atoms with Gasteiger partial charge in [0.25, 0.3) is 11.5 Å². The van der Waals surface area contributed by atoms with Crippen LogP contribution in [0.4, 0.5) is 0 Å². The minimum Gasteiger partial charge on any atom is -0.339 e. The van der Waals surface area contributed by atoms with Gasteiger partial charge in [-0.1, -0.05) is 35.5 Å². The smallest absolute Gasteiger partial charge is 0.328 e. The van der Waals surface area contributed by atoms with Gasteiger partial charge in [-0.25, -0.2) is 4.79 Å². The Hall–Kier alpha value is -3.49. The molecule has 1 fully saturated rings. The van der Waals surface area contributed by atoms with Crippen LogP contribution in [0.25, 0.3) is 11.4 Å². The molecule has 1 N–H and O–H groups in total. The first-order valence-corrected chi connectivity index (χ1v) is 9.01. The minimum absolute atomic E-state index is 0.0373. The third kappa shape index (κ3) is 3.26. The minimum atomic E-state index is -0.597. The lowest BCUT2D eigenvalue weighted by Gasteiger charge is -2.30. The van der Waals surface area contributed by atoms with Crippen molar-refractivity contribution in [2.75, 3.05) is 13.1 Å². The Balaban J connectivity index is 1.45. The molecule has 1 aliphatic rings. The molecule has 0 saturated carbocycles. The second kappa shape index (κ2) is 7.26. The zero-order chi connectivity index (χ0) is 19.7. The predicted octanol–water partition coefficient (Wildman–Crippen LogP) is 1.14. The van der Waals surface area contributed by atoms with Crippen LogP contribution >= 0.6 is 0 Å². The second-order valence-corrected chi connectivity index (χ2v) is 6.76. The lowest BCUT2D eigenvalue weighted by Crippen LogP contribution is -2.43. The Kier molecular flexibility index (Phi) is 4.64. The fraction of sp³-hybridized carbons (Fsp3) is 0.316. The molecule has 0 aliphatic carbocycles. The van der Waals surface area contributed by atoms with Gasteiger partial charge in [-0.3, -0.25) is 14.2 Å². The van der Waals surface area contributed by atoms with Gasteiger partial charge in [0, 0.05) is 37.8 Å². The van der Waals surface area contributed by atoms with Gasteiger partial charge in [0.1, 0.15) is 5.56 Å². The molecule has 1 aromatic carbocycles. The number of piperidine rings is 1. The van der Waals surface area contributed by atoms with Crippen molar-refractivity contribution < 1.29 is 9.32 Å². The van der Waals surface area contributed by atoms with Crippen LogP contribution in [0.3, 0.4) is 0 Å². The van der Waals surface area contributed by atoms with Crippen molar-refractivity contribution in [1.82, 2.24) is 24.6 Å². The summed E-state index contributed by atoms with van der Waals surface area (Å²) in [5.41, 5.74) is -0.296. The highest BCUT2D eigenvalue weighted by molar-refractivity contribution is 5.93. The molecule has 0 atom stereocenters. The number of carbonyl (C=O) groups is 1. The van der Waals surface area contributed by atoms with E-state index in [-0.39, 0.29) is 17.4 Å². The van der Waals surface area contributed by atoms with E-state index >= 15 is 0 Å². The molecule has 4 rings (SSSR count). The maximum Gasteiger partial charge on any atom is 0.328 e. The number of nitrogens with zero attached hydrogens (tertiary/aromatic N) is 4.